The normalized spacial score (nSPS) is 15.9. The number of para-hydroxylation sites is 1. The van der Waals surface area contributed by atoms with Gasteiger partial charge >= 0.3 is 5.89 Å². The van der Waals surface area contributed by atoms with Crippen LogP contribution < -0.4 is 24.2 Å². The standard InChI is InChI=1S/C23H21ClN3O2S2/c1-4-26-16-12-14(24)10-11-17(16)29-19(26)13-20-27(5-2)22(28)21(31-20)23-25(3)15-8-6-7-9-18(15)30-23/h6-13H,4-5H2,1-3H3/q+1/b23-21-. The van der Waals surface area contributed by atoms with Crippen LogP contribution in [0.2, 0.25) is 5.02 Å². The average Bonchev–Trinajstić information content (AvgIpc) is 3.39. The molecule has 2 aromatic carbocycles. The fraction of sp³-hybridized carbons (Fsp3) is 0.217. The Morgan fingerprint density at radius 2 is 2.00 bits per heavy atom. The van der Waals surface area contributed by atoms with Crippen LogP contribution in [0.4, 0.5) is 5.69 Å². The molecule has 0 unspecified atom stereocenters. The van der Waals surface area contributed by atoms with Crippen LogP contribution >= 0.6 is 34.7 Å². The predicted octanol–water partition coefficient (Wildman–Crippen LogP) is 3.77. The molecule has 0 saturated heterocycles. The number of aryl methyl sites for hydroxylation is 1. The summed E-state index contributed by atoms with van der Waals surface area (Å²) < 4.78 is 11.6. The maximum Gasteiger partial charge on any atom is 0.377 e. The van der Waals surface area contributed by atoms with Crippen molar-refractivity contribution in [3.63, 3.8) is 0 Å². The third-order valence-electron chi connectivity index (χ3n) is 5.42. The van der Waals surface area contributed by atoms with E-state index in [-0.39, 0.29) is 5.56 Å². The molecule has 3 heterocycles. The first-order valence-electron chi connectivity index (χ1n) is 10.1. The Kier molecular flexibility index (Phi) is 5.20. The molecule has 5 rings (SSSR count). The van der Waals surface area contributed by atoms with Gasteiger partial charge in [0, 0.05) is 29.6 Å². The highest BCUT2D eigenvalue weighted by atomic mass is 35.5. The largest absolute Gasteiger partial charge is 0.398 e. The van der Waals surface area contributed by atoms with Crippen LogP contribution in [-0.2, 0) is 13.1 Å². The number of halogens is 1. The van der Waals surface area contributed by atoms with E-state index < -0.39 is 0 Å². The molecular formula is C23H21ClN3O2S2+. The van der Waals surface area contributed by atoms with Crippen LogP contribution in [0.15, 0.2) is 56.6 Å². The van der Waals surface area contributed by atoms with Gasteiger partial charge in [-0.05, 0) is 38.1 Å². The summed E-state index contributed by atoms with van der Waals surface area (Å²) in [4.78, 5) is 16.6. The number of nitrogens with zero attached hydrogens (tertiary/aromatic N) is 3. The molecule has 158 valence electrons. The van der Waals surface area contributed by atoms with Gasteiger partial charge in [-0.3, -0.25) is 9.36 Å². The van der Waals surface area contributed by atoms with E-state index in [1.165, 1.54) is 16.2 Å². The topological polar surface area (TPSA) is 42.3 Å². The molecule has 0 saturated carbocycles. The second-order valence-corrected chi connectivity index (χ2v) is 9.69. The monoisotopic (exact) mass is 470 g/mol. The molecule has 8 heteroatoms. The van der Waals surface area contributed by atoms with E-state index in [1.54, 1.807) is 11.8 Å². The maximum absolute atomic E-state index is 13.3. The molecule has 4 aromatic rings. The lowest BCUT2D eigenvalue weighted by atomic mass is 10.3. The Morgan fingerprint density at radius 3 is 2.74 bits per heavy atom. The van der Waals surface area contributed by atoms with Gasteiger partial charge in [-0.25, -0.2) is 0 Å². The van der Waals surface area contributed by atoms with Crippen LogP contribution in [0.3, 0.4) is 0 Å². The third-order valence-corrected chi connectivity index (χ3v) is 8.14. The molecule has 0 aliphatic carbocycles. The summed E-state index contributed by atoms with van der Waals surface area (Å²) in [5.74, 6) is 0.704. The molecule has 1 aliphatic heterocycles. The number of benzene rings is 2. The van der Waals surface area contributed by atoms with Gasteiger partial charge in [-0.1, -0.05) is 35.5 Å². The van der Waals surface area contributed by atoms with E-state index in [1.807, 2.05) is 54.9 Å². The summed E-state index contributed by atoms with van der Waals surface area (Å²) in [7, 11) is 2.01. The van der Waals surface area contributed by atoms with Crippen molar-refractivity contribution in [2.75, 3.05) is 11.9 Å². The van der Waals surface area contributed by atoms with Gasteiger partial charge in [-0.15, -0.1) is 11.3 Å². The van der Waals surface area contributed by atoms with E-state index in [2.05, 4.69) is 28.5 Å². The second kappa shape index (κ2) is 7.89. The van der Waals surface area contributed by atoms with Crippen molar-refractivity contribution >= 4 is 62.6 Å². The molecule has 0 spiro atoms. The number of rotatable bonds is 3. The van der Waals surface area contributed by atoms with E-state index in [4.69, 9.17) is 16.0 Å². The number of thioether (sulfide) groups is 1. The zero-order valence-electron chi connectivity index (χ0n) is 17.4. The summed E-state index contributed by atoms with van der Waals surface area (Å²) in [6.45, 7) is 5.39. The number of anilines is 1. The zero-order valence-corrected chi connectivity index (χ0v) is 19.8. The number of hydrogen-bond acceptors (Lipinski definition) is 5. The molecule has 0 radical (unpaired) electrons. The summed E-state index contributed by atoms with van der Waals surface area (Å²) in [6.07, 6.45) is 1.96. The molecule has 1 aliphatic rings. The zero-order chi connectivity index (χ0) is 21.7. The Morgan fingerprint density at radius 1 is 1.19 bits per heavy atom. The highest BCUT2D eigenvalue weighted by Crippen LogP contribution is 2.44. The summed E-state index contributed by atoms with van der Waals surface area (Å²) in [6, 6.07) is 13.8. The van der Waals surface area contributed by atoms with E-state index in [9.17, 15) is 4.79 Å². The first-order valence-corrected chi connectivity index (χ1v) is 12.1. The van der Waals surface area contributed by atoms with Crippen LogP contribution in [0.5, 0.6) is 0 Å². The van der Waals surface area contributed by atoms with Crippen molar-refractivity contribution in [3.05, 3.63) is 72.9 Å². The SMILES string of the molecule is CCn1c(=Cc2oc3ccc(Cl)cc3[n+]2CC)s/c(=C2\Sc3ccccc3N2C)c1=O. The van der Waals surface area contributed by atoms with Gasteiger partial charge in [-0.2, -0.15) is 4.57 Å². The van der Waals surface area contributed by atoms with Gasteiger partial charge in [0.05, 0.1) is 11.8 Å². The minimum absolute atomic E-state index is 0.0307. The van der Waals surface area contributed by atoms with E-state index in [0.717, 1.165) is 37.6 Å². The quantitative estimate of drug-likeness (QED) is 0.427. The molecule has 2 aromatic heterocycles. The fourth-order valence-electron chi connectivity index (χ4n) is 3.88. The molecule has 0 fully saturated rings. The Balaban J connectivity index is 1.74. The molecule has 31 heavy (non-hydrogen) atoms. The van der Waals surface area contributed by atoms with Gasteiger partial charge in [0.15, 0.2) is 0 Å². The van der Waals surface area contributed by atoms with Crippen LogP contribution in [-0.4, -0.2) is 11.6 Å². The number of oxazole rings is 1. The van der Waals surface area contributed by atoms with Crippen LogP contribution in [0, 0.1) is 0 Å². The van der Waals surface area contributed by atoms with Crippen molar-refractivity contribution in [1.29, 1.82) is 0 Å². The van der Waals surface area contributed by atoms with Crippen molar-refractivity contribution in [1.82, 2.24) is 4.57 Å². The fourth-order valence-corrected chi connectivity index (χ4v) is 6.49. The van der Waals surface area contributed by atoms with Gasteiger partial charge < -0.3 is 9.32 Å². The van der Waals surface area contributed by atoms with Crippen molar-refractivity contribution in [2.24, 2.45) is 0 Å². The Labute approximate surface area is 192 Å². The summed E-state index contributed by atoms with van der Waals surface area (Å²) in [5, 5.41) is 1.64. The third kappa shape index (κ3) is 3.32. The highest BCUT2D eigenvalue weighted by molar-refractivity contribution is 8.08. The molecule has 0 N–H and O–H groups in total. The molecule has 0 bridgehead atoms. The predicted molar refractivity (Wildman–Crippen MR) is 128 cm³/mol. The van der Waals surface area contributed by atoms with Gasteiger partial charge in [0.1, 0.15) is 20.8 Å². The first-order chi connectivity index (χ1) is 15.0. The van der Waals surface area contributed by atoms with Crippen LogP contribution in [0.25, 0.3) is 22.2 Å². The lowest BCUT2D eigenvalue weighted by molar-refractivity contribution is -0.674. The molecule has 0 amide bonds. The second-order valence-electron chi connectivity index (χ2n) is 7.19. The van der Waals surface area contributed by atoms with Gasteiger partial charge in [0.2, 0.25) is 5.58 Å². The number of hydrogen-bond donors (Lipinski definition) is 0. The van der Waals surface area contributed by atoms with E-state index >= 15 is 0 Å². The highest BCUT2D eigenvalue weighted by Gasteiger charge is 2.25. The number of thiazole rings is 1. The van der Waals surface area contributed by atoms with Crippen molar-refractivity contribution < 1.29 is 8.98 Å². The molecule has 5 nitrogen and oxygen atoms in total. The van der Waals surface area contributed by atoms with Gasteiger partial charge in [0.25, 0.3) is 11.1 Å². The van der Waals surface area contributed by atoms with Crippen LogP contribution in [0.1, 0.15) is 19.7 Å². The minimum atomic E-state index is 0.0307. The maximum atomic E-state index is 13.3. The lowest BCUT2D eigenvalue weighted by Gasteiger charge is -2.11. The minimum Gasteiger partial charge on any atom is -0.398 e. The smallest absolute Gasteiger partial charge is 0.377 e. The number of aromatic nitrogens is 2. The Hall–Kier alpha value is -2.48. The molecular weight excluding hydrogens is 450 g/mol. The summed E-state index contributed by atoms with van der Waals surface area (Å²) >= 11 is 9.35. The Bertz CT molecular complexity index is 1500. The number of fused-ring (bicyclic) bond motifs is 2. The average molecular weight is 471 g/mol. The molecule has 0 atom stereocenters. The lowest BCUT2D eigenvalue weighted by Crippen LogP contribution is -2.36. The van der Waals surface area contributed by atoms with E-state index in [0.29, 0.717) is 17.5 Å². The van der Waals surface area contributed by atoms with Crippen molar-refractivity contribution in [2.45, 2.75) is 31.8 Å². The van der Waals surface area contributed by atoms with Crippen molar-refractivity contribution in [3.8, 4) is 0 Å². The summed E-state index contributed by atoms with van der Waals surface area (Å²) in [5.41, 5.74) is 2.87. The first kappa shape index (κ1) is 20.4.